The maximum Gasteiger partial charge on any atom is 0.160 e. The van der Waals surface area contributed by atoms with Gasteiger partial charge in [0, 0.05) is 12.3 Å². The van der Waals surface area contributed by atoms with Crippen LogP contribution in [0, 0.1) is 26.7 Å². The van der Waals surface area contributed by atoms with Gasteiger partial charge in [0.15, 0.2) is 12.1 Å². The molecule has 0 radical (unpaired) electrons. The van der Waals surface area contributed by atoms with Gasteiger partial charge in [-0.2, -0.15) is 0 Å². The van der Waals surface area contributed by atoms with Crippen LogP contribution in [-0.2, 0) is 9.59 Å². The van der Waals surface area contributed by atoms with Crippen LogP contribution in [0.3, 0.4) is 0 Å². The van der Waals surface area contributed by atoms with Gasteiger partial charge in [-0.25, -0.2) is 0 Å². The van der Waals surface area contributed by atoms with E-state index < -0.39 is 12.3 Å². The van der Waals surface area contributed by atoms with E-state index in [0.29, 0.717) is 19.4 Å². The molecule has 0 spiro atoms. The molecule has 0 aliphatic heterocycles. The summed E-state index contributed by atoms with van der Waals surface area (Å²) in [6, 6.07) is 4.06. The van der Waals surface area contributed by atoms with Crippen molar-refractivity contribution in [2.24, 2.45) is 5.92 Å². The highest BCUT2D eigenvalue weighted by Crippen LogP contribution is 2.37. The van der Waals surface area contributed by atoms with Gasteiger partial charge in [0.05, 0.1) is 0 Å². The molecule has 3 N–H and O–H groups in total. The highest BCUT2D eigenvalue weighted by molar-refractivity contribution is 6.14. The maximum atomic E-state index is 12.7. The zero-order valence-electron chi connectivity index (χ0n) is 14.3. The first-order valence-electron chi connectivity index (χ1n) is 8.08. The minimum atomic E-state index is -0.792. The quantitative estimate of drug-likeness (QED) is 0.545. The molecule has 0 amide bonds. The van der Waals surface area contributed by atoms with E-state index >= 15 is 0 Å². The number of ketones is 2. The summed E-state index contributed by atoms with van der Waals surface area (Å²) in [4.78, 5) is 25.2. The Morgan fingerprint density at radius 2 is 1.83 bits per heavy atom. The van der Waals surface area contributed by atoms with E-state index in [1.165, 1.54) is 0 Å². The molecule has 0 bridgehead atoms. The van der Waals surface area contributed by atoms with Gasteiger partial charge in [-0.05, 0) is 57.5 Å². The number of aliphatic hydroxyl groups excluding tert-OH is 1. The van der Waals surface area contributed by atoms with Gasteiger partial charge in [0.1, 0.15) is 11.7 Å². The molecule has 0 heterocycles. The predicted molar refractivity (Wildman–Crippen MR) is 89.2 cm³/mol. The van der Waals surface area contributed by atoms with Crippen molar-refractivity contribution in [3.8, 4) is 0 Å². The number of carbonyl (C=O) groups excluding carboxylic acids is 2. The molecule has 1 aliphatic carbocycles. The van der Waals surface area contributed by atoms with Gasteiger partial charge in [-0.1, -0.05) is 17.7 Å². The van der Waals surface area contributed by atoms with Crippen molar-refractivity contribution >= 4 is 11.6 Å². The van der Waals surface area contributed by atoms with Crippen LogP contribution < -0.4 is 10.6 Å². The van der Waals surface area contributed by atoms with E-state index in [1.807, 2.05) is 32.9 Å². The molecular weight excluding hydrogens is 292 g/mol. The molecule has 5 nitrogen and oxygen atoms in total. The Morgan fingerprint density at radius 3 is 2.39 bits per heavy atom. The number of Topliss-reactive ketones (excluding diaryl/α,β-unsaturated/α-hetero) is 2. The number of aliphatic hydroxyl groups is 1. The van der Waals surface area contributed by atoms with Gasteiger partial charge in [-0.3, -0.25) is 20.2 Å². The lowest BCUT2D eigenvalue weighted by Crippen LogP contribution is -2.40. The first-order valence-corrected chi connectivity index (χ1v) is 8.08. The summed E-state index contributed by atoms with van der Waals surface area (Å²) >= 11 is 0. The molecule has 3 atom stereocenters. The molecule has 2 rings (SSSR count). The Kier molecular flexibility index (Phi) is 5.68. The Balaban J connectivity index is 2.13. The first kappa shape index (κ1) is 17.8. The van der Waals surface area contributed by atoms with Gasteiger partial charge < -0.3 is 5.11 Å². The third-order valence-electron chi connectivity index (χ3n) is 4.59. The molecule has 23 heavy (non-hydrogen) atoms. The van der Waals surface area contributed by atoms with Gasteiger partial charge >= 0.3 is 0 Å². The van der Waals surface area contributed by atoms with Crippen molar-refractivity contribution in [3.63, 3.8) is 0 Å². The maximum absolute atomic E-state index is 12.7. The second-order valence-electron chi connectivity index (χ2n) is 6.45. The molecule has 0 saturated heterocycles. The topological polar surface area (TPSA) is 78.4 Å². The smallest absolute Gasteiger partial charge is 0.160 e. The zero-order valence-corrected chi connectivity index (χ0v) is 14.3. The summed E-state index contributed by atoms with van der Waals surface area (Å²) in [5.74, 6) is -0.839. The molecule has 5 heteroatoms. The molecule has 126 valence electrons. The fraction of sp³-hybridized carbons (Fsp3) is 0.556. The molecule has 1 fully saturated rings. The Morgan fingerprint density at radius 1 is 1.22 bits per heavy atom. The van der Waals surface area contributed by atoms with Crippen molar-refractivity contribution in [2.75, 3.05) is 13.6 Å². The standard InChI is InChI=1S/C18H26N2O3/c1-10-7-11(2)15(12(3)8-10)16-14(21)9-13(17(16)22)5-6-20-18(23)19-4/h7-8,13,16,18-20,23H,5-6,9H2,1-4H3. The fourth-order valence-electron chi connectivity index (χ4n) is 3.55. The van der Waals surface area contributed by atoms with Crippen molar-refractivity contribution in [3.05, 3.63) is 34.4 Å². The minimum Gasteiger partial charge on any atom is -0.365 e. The van der Waals surface area contributed by atoms with Crippen LogP contribution in [0.25, 0.3) is 0 Å². The van der Waals surface area contributed by atoms with Crippen LogP contribution in [-0.4, -0.2) is 36.6 Å². The Labute approximate surface area is 137 Å². The van der Waals surface area contributed by atoms with Crippen LogP contribution in [0.5, 0.6) is 0 Å². The van der Waals surface area contributed by atoms with Gasteiger partial charge in [0.25, 0.3) is 0 Å². The van der Waals surface area contributed by atoms with Crippen LogP contribution in [0.1, 0.15) is 41.0 Å². The van der Waals surface area contributed by atoms with Crippen LogP contribution in [0.4, 0.5) is 0 Å². The molecule has 3 unspecified atom stereocenters. The molecular formula is C18H26N2O3. The van der Waals surface area contributed by atoms with Crippen LogP contribution >= 0.6 is 0 Å². The molecule has 1 aromatic rings. The first-order chi connectivity index (χ1) is 10.8. The fourth-order valence-corrected chi connectivity index (χ4v) is 3.55. The van der Waals surface area contributed by atoms with Gasteiger partial charge in [-0.15, -0.1) is 0 Å². The minimum absolute atomic E-state index is 0.0178. The van der Waals surface area contributed by atoms with E-state index in [1.54, 1.807) is 7.05 Å². The van der Waals surface area contributed by atoms with E-state index in [-0.39, 0.29) is 17.5 Å². The molecule has 1 aliphatic rings. The lowest BCUT2D eigenvalue weighted by atomic mass is 9.86. The predicted octanol–water partition coefficient (Wildman–Crippen LogP) is 1.33. The number of rotatable bonds is 6. The summed E-state index contributed by atoms with van der Waals surface area (Å²) in [6.07, 6.45) is 0.0664. The monoisotopic (exact) mass is 318 g/mol. The average molecular weight is 318 g/mol. The average Bonchev–Trinajstić information content (AvgIpc) is 2.74. The SMILES string of the molecule is CNC(O)NCCC1CC(=O)C(c2c(C)cc(C)cc2C)C1=O. The number of nitrogens with one attached hydrogen (secondary N) is 2. The third-order valence-corrected chi connectivity index (χ3v) is 4.59. The second kappa shape index (κ2) is 7.34. The normalized spacial score (nSPS) is 22.7. The number of benzene rings is 1. The number of hydrogen-bond acceptors (Lipinski definition) is 5. The summed E-state index contributed by atoms with van der Waals surface area (Å²) < 4.78 is 0. The molecule has 0 aromatic heterocycles. The van der Waals surface area contributed by atoms with Crippen LogP contribution in [0.15, 0.2) is 12.1 Å². The largest absolute Gasteiger partial charge is 0.365 e. The van der Waals surface area contributed by atoms with Gasteiger partial charge in [0.2, 0.25) is 0 Å². The highest BCUT2D eigenvalue weighted by atomic mass is 16.3. The lowest BCUT2D eigenvalue weighted by molar-refractivity contribution is -0.124. The summed E-state index contributed by atoms with van der Waals surface area (Å²) in [6.45, 7) is 6.44. The molecule has 1 aromatic carbocycles. The Bertz CT molecular complexity index is 589. The van der Waals surface area contributed by atoms with Crippen molar-refractivity contribution in [1.82, 2.24) is 10.6 Å². The van der Waals surface area contributed by atoms with Crippen molar-refractivity contribution in [1.29, 1.82) is 0 Å². The van der Waals surface area contributed by atoms with Crippen molar-refractivity contribution in [2.45, 2.75) is 45.9 Å². The number of hydrogen-bond donors (Lipinski definition) is 3. The van der Waals surface area contributed by atoms with E-state index in [9.17, 15) is 14.7 Å². The second-order valence-corrected chi connectivity index (χ2v) is 6.45. The summed E-state index contributed by atoms with van der Waals surface area (Å²) in [5.41, 5.74) is 4.05. The number of aryl methyl sites for hydroxylation is 3. The van der Waals surface area contributed by atoms with Crippen molar-refractivity contribution < 1.29 is 14.7 Å². The van der Waals surface area contributed by atoms with E-state index in [4.69, 9.17) is 0 Å². The van der Waals surface area contributed by atoms with E-state index in [0.717, 1.165) is 22.3 Å². The highest BCUT2D eigenvalue weighted by Gasteiger charge is 2.42. The van der Waals surface area contributed by atoms with E-state index in [2.05, 4.69) is 10.6 Å². The lowest BCUT2D eigenvalue weighted by Gasteiger charge is -2.17. The summed E-state index contributed by atoms with van der Waals surface area (Å²) in [7, 11) is 1.64. The summed E-state index contributed by atoms with van der Waals surface area (Å²) in [5, 5.41) is 14.9. The zero-order chi connectivity index (χ0) is 17.1. The number of carbonyl (C=O) groups is 2. The molecule has 1 saturated carbocycles. The Hall–Kier alpha value is -1.56. The van der Waals surface area contributed by atoms with Crippen LogP contribution in [0.2, 0.25) is 0 Å². The third kappa shape index (κ3) is 3.86.